The number of carbonyl (C=O) groups excluding carboxylic acids is 1. The van der Waals surface area contributed by atoms with Gasteiger partial charge in [0, 0.05) is 18.4 Å². The fourth-order valence-corrected chi connectivity index (χ4v) is 2.03. The smallest absolute Gasteiger partial charge is 0.311 e. The lowest BCUT2D eigenvalue weighted by atomic mass is 10.0. The van der Waals surface area contributed by atoms with Crippen LogP contribution in [-0.2, 0) is 16.0 Å². The first-order chi connectivity index (χ1) is 9.39. The average Bonchev–Trinajstić information content (AvgIpc) is 2.75. The Bertz CT molecular complexity index is 562. The molecule has 2 aromatic rings. The maximum Gasteiger partial charge on any atom is 0.311 e. The molecule has 1 unspecified atom stereocenters. The van der Waals surface area contributed by atoms with Gasteiger partial charge in [-0.2, -0.15) is 0 Å². The van der Waals surface area contributed by atoms with Crippen LogP contribution in [0.5, 0.6) is 0 Å². The van der Waals surface area contributed by atoms with Gasteiger partial charge in [-0.05, 0) is 32.9 Å². The van der Waals surface area contributed by atoms with Gasteiger partial charge in [0.25, 0.3) is 0 Å². The molecule has 1 atom stereocenters. The summed E-state index contributed by atoms with van der Waals surface area (Å²) in [7, 11) is 0. The molecule has 0 aliphatic carbocycles. The van der Waals surface area contributed by atoms with Gasteiger partial charge in [0.15, 0.2) is 0 Å². The van der Waals surface area contributed by atoms with Crippen molar-refractivity contribution in [2.24, 2.45) is 11.7 Å². The van der Waals surface area contributed by atoms with Gasteiger partial charge in [0.2, 0.25) is 0 Å². The van der Waals surface area contributed by atoms with Gasteiger partial charge in [0.1, 0.15) is 16.9 Å². The molecule has 0 radical (unpaired) electrons. The summed E-state index contributed by atoms with van der Waals surface area (Å²) in [5.41, 5.74) is 6.01. The molecular weight excluding hydrogens is 254 g/mol. The van der Waals surface area contributed by atoms with Crippen LogP contribution in [0.1, 0.15) is 26.5 Å². The first-order valence-corrected chi connectivity index (χ1v) is 6.79. The number of benzene rings is 1. The Labute approximate surface area is 118 Å². The fraction of sp³-hybridized carbons (Fsp3) is 0.438. The van der Waals surface area contributed by atoms with Crippen LogP contribution in [0.15, 0.2) is 34.7 Å². The Morgan fingerprint density at radius 1 is 1.35 bits per heavy atom. The largest absolute Gasteiger partial charge is 0.461 e. The highest BCUT2D eigenvalue weighted by Crippen LogP contribution is 2.22. The third-order valence-electron chi connectivity index (χ3n) is 2.95. The number of ether oxygens (including phenoxy) is 1. The molecule has 1 aromatic heterocycles. The molecule has 0 aliphatic heterocycles. The van der Waals surface area contributed by atoms with Gasteiger partial charge >= 0.3 is 5.97 Å². The van der Waals surface area contributed by atoms with Gasteiger partial charge in [-0.25, -0.2) is 0 Å². The molecule has 0 spiro atoms. The maximum atomic E-state index is 12.1. The lowest BCUT2D eigenvalue weighted by Gasteiger charge is -2.22. The zero-order chi connectivity index (χ0) is 14.8. The molecule has 0 saturated carbocycles. The quantitative estimate of drug-likeness (QED) is 0.871. The topological polar surface area (TPSA) is 65.5 Å². The highest BCUT2D eigenvalue weighted by atomic mass is 16.6. The van der Waals surface area contributed by atoms with E-state index in [4.69, 9.17) is 14.9 Å². The van der Waals surface area contributed by atoms with Crippen LogP contribution in [0.4, 0.5) is 0 Å². The van der Waals surface area contributed by atoms with Gasteiger partial charge in [-0.15, -0.1) is 0 Å². The van der Waals surface area contributed by atoms with Crippen molar-refractivity contribution < 1.29 is 13.9 Å². The van der Waals surface area contributed by atoms with Gasteiger partial charge in [0.05, 0.1) is 5.92 Å². The van der Waals surface area contributed by atoms with Crippen LogP contribution in [-0.4, -0.2) is 18.1 Å². The molecule has 0 bridgehead atoms. The van der Waals surface area contributed by atoms with E-state index in [1.807, 2.05) is 51.1 Å². The maximum absolute atomic E-state index is 12.1. The zero-order valence-corrected chi connectivity index (χ0v) is 12.2. The van der Waals surface area contributed by atoms with E-state index in [2.05, 4.69) is 0 Å². The second-order valence-electron chi connectivity index (χ2n) is 5.92. The number of carbonyl (C=O) groups is 1. The summed E-state index contributed by atoms with van der Waals surface area (Å²) < 4.78 is 11.1. The van der Waals surface area contributed by atoms with E-state index in [0.717, 1.165) is 16.7 Å². The van der Waals surface area contributed by atoms with Crippen molar-refractivity contribution >= 4 is 16.9 Å². The summed E-state index contributed by atoms with van der Waals surface area (Å²) >= 11 is 0. The predicted molar refractivity (Wildman–Crippen MR) is 78.3 cm³/mol. The van der Waals surface area contributed by atoms with Crippen molar-refractivity contribution in [3.8, 4) is 0 Å². The lowest BCUT2D eigenvalue weighted by Crippen LogP contribution is -2.33. The zero-order valence-electron chi connectivity index (χ0n) is 12.2. The summed E-state index contributed by atoms with van der Waals surface area (Å²) in [5, 5.41) is 1.03. The van der Waals surface area contributed by atoms with Crippen LogP contribution in [0, 0.1) is 5.92 Å². The summed E-state index contributed by atoms with van der Waals surface area (Å²) in [6.07, 6.45) is 0.458. The minimum absolute atomic E-state index is 0.242. The third kappa shape index (κ3) is 3.61. The predicted octanol–water partition coefficient (Wildman–Crippen LogP) is 2.89. The molecule has 0 fully saturated rings. The number of nitrogens with two attached hydrogens (primary N) is 1. The Morgan fingerprint density at radius 2 is 2.05 bits per heavy atom. The Morgan fingerprint density at radius 3 is 2.65 bits per heavy atom. The van der Waals surface area contributed by atoms with E-state index < -0.39 is 5.60 Å². The summed E-state index contributed by atoms with van der Waals surface area (Å²) in [5.74, 6) is 0.0998. The Balaban J connectivity index is 2.11. The minimum atomic E-state index is -0.502. The normalized spacial score (nSPS) is 13.4. The highest BCUT2D eigenvalue weighted by molar-refractivity contribution is 5.78. The van der Waals surface area contributed by atoms with Crippen LogP contribution < -0.4 is 5.73 Å². The lowest BCUT2D eigenvalue weighted by molar-refractivity contribution is -0.159. The van der Waals surface area contributed by atoms with Gasteiger partial charge in [-0.3, -0.25) is 4.79 Å². The fourth-order valence-electron chi connectivity index (χ4n) is 2.03. The van der Waals surface area contributed by atoms with Crippen molar-refractivity contribution in [3.63, 3.8) is 0 Å². The second kappa shape index (κ2) is 5.67. The number of esters is 1. The third-order valence-corrected chi connectivity index (χ3v) is 2.95. The number of hydrogen-bond acceptors (Lipinski definition) is 4. The van der Waals surface area contributed by atoms with Crippen molar-refractivity contribution in [2.75, 3.05) is 6.54 Å². The van der Waals surface area contributed by atoms with E-state index in [1.165, 1.54) is 0 Å². The SMILES string of the molecule is CC(C)(C)OC(=O)C(CN)Cc1cc2ccccc2o1. The number of hydrogen-bond donors (Lipinski definition) is 1. The molecule has 2 N–H and O–H groups in total. The van der Waals surface area contributed by atoms with Crippen LogP contribution in [0.2, 0.25) is 0 Å². The van der Waals surface area contributed by atoms with E-state index in [9.17, 15) is 4.79 Å². The van der Waals surface area contributed by atoms with Gasteiger partial charge in [-0.1, -0.05) is 18.2 Å². The Hall–Kier alpha value is -1.81. The summed E-state index contributed by atoms with van der Waals surface area (Å²) in [6.45, 7) is 5.78. The van der Waals surface area contributed by atoms with Gasteiger partial charge < -0.3 is 14.9 Å². The standard InChI is InChI=1S/C16H21NO3/c1-16(2,3)20-15(18)12(10-17)9-13-8-11-6-4-5-7-14(11)19-13/h4-8,12H,9-10,17H2,1-3H3. The minimum Gasteiger partial charge on any atom is -0.461 e. The summed E-state index contributed by atoms with van der Waals surface area (Å²) in [6, 6.07) is 9.71. The highest BCUT2D eigenvalue weighted by Gasteiger charge is 2.25. The van der Waals surface area contributed by atoms with E-state index in [0.29, 0.717) is 6.42 Å². The molecule has 0 aliphatic rings. The average molecular weight is 275 g/mol. The van der Waals surface area contributed by atoms with Crippen molar-refractivity contribution in [2.45, 2.75) is 32.8 Å². The van der Waals surface area contributed by atoms with E-state index >= 15 is 0 Å². The van der Waals surface area contributed by atoms with E-state index in [-0.39, 0.29) is 18.4 Å². The van der Waals surface area contributed by atoms with Crippen molar-refractivity contribution in [3.05, 3.63) is 36.1 Å². The molecule has 1 aromatic carbocycles. The monoisotopic (exact) mass is 275 g/mol. The molecule has 0 saturated heterocycles. The van der Waals surface area contributed by atoms with E-state index in [1.54, 1.807) is 0 Å². The molecular formula is C16H21NO3. The Kier molecular flexibility index (Phi) is 4.14. The molecule has 108 valence electrons. The summed E-state index contributed by atoms with van der Waals surface area (Å²) in [4.78, 5) is 12.1. The molecule has 20 heavy (non-hydrogen) atoms. The second-order valence-corrected chi connectivity index (χ2v) is 5.92. The number of furan rings is 1. The van der Waals surface area contributed by atoms with Crippen LogP contribution in [0.3, 0.4) is 0 Å². The number of rotatable bonds is 4. The molecule has 2 rings (SSSR count). The number of para-hydroxylation sites is 1. The van der Waals surface area contributed by atoms with Crippen LogP contribution in [0.25, 0.3) is 11.0 Å². The number of fused-ring (bicyclic) bond motifs is 1. The van der Waals surface area contributed by atoms with Crippen LogP contribution >= 0.6 is 0 Å². The van der Waals surface area contributed by atoms with Crippen molar-refractivity contribution in [1.29, 1.82) is 0 Å². The van der Waals surface area contributed by atoms with Crippen molar-refractivity contribution in [1.82, 2.24) is 0 Å². The molecule has 4 nitrogen and oxygen atoms in total. The molecule has 4 heteroatoms. The molecule has 1 heterocycles. The molecule has 0 amide bonds. The first kappa shape index (κ1) is 14.6. The first-order valence-electron chi connectivity index (χ1n) is 6.79.